The highest BCUT2D eigenvalue weighted by atomic mass is 16.3. The third-order valence-corrected chi connectivity index (χ3v) is 4.00. The van der Waals surface area contributed by atoms with Gasteiger partial charge in [-0.1, -0.05) is 24.3 Å². The van der Waals surface area contributed by atoms with Crippen molar-refractivity contribution in [2.45, 2.75) is 6.04 Å². The van der Waals surface area contributed by atoms with E-state index in [1.807, 2.05) is 0 Å². The molecule has 1 atom stereocenters. The monoisotopic (exact) mass is 356 g/mol. The molecule has 2 amide bonds. The van der Waals surface area contributed by atoms with Gasteiger partial charge >= 0.3 is 0 Å². The Kier molecular flexibility index (Phi) is 6.08. The van der Waals surface area contributed by atoms with Crippen LogP contribution in [0.5, 0.6) is 5.75 Å². The van der Waals surface area contributed by atoms with Crippen molar-refractivity contribution in [3.63, 3.8) is 0 Å². The van der Waals surface area contributed by atoms with Gasteiger partial charge in [-0.2, -0.15) is 0 Å². The van der Waals surface area contributed by atoms with Crippen LogP contribution in [-0.4, -0.2) is 59.5 Å². The van der Waals surface area contributed by atoms with Crippen molar-refractivity contribution in [2.75, 3.05) is 20.7 Å². The van der Waals surface area contributed by atoms with Gasteiger partial charge in [0.05, 0.1) is 0 Å². The van der Waals surface area contributed by atoms with Crippen molar-refractivity contribution in [1.82, 2.24) is 10.2 Å². The minimum absolute atomic E-state index is 0.163. The lowest BCUT2D eigenvalue weighted by Crippen LogP contribution is -2.52. The summed E-state index contributed by atoms with van der Waals surface area (Å²) in [6.45, 7) is -0.838. The van der Waals surface area contributed by atoms with Gasteiger partial charge in [-0.3, -0.25) is 14.4 Å². The first-order chi connectivity index (χ1) is 12.4. The Bertz CT molecular complexity index is 784. The number of phenolic OH excluding ortho intramolecular Hbond substituents is 1. The summed E-state index contributed by atoms with van der Waals surface area (Å²) in [6.07, 6.45) is 0. The topological polar surface area (TPSA) is 107 Å². The predicted octanol–water partition coefficient (Wildman–Crippen LogP) is 0.807. The van der Waals surface area contributed by atoms with E-state index in [1.54, 1.807) is 48.5 Å². The molecule has 0 saturated heterocycles. The quantitative estimate of drug-likeness (QED) is 0.664. The van der Waals surface area contributed by atoms with E-state index in [0.29, 0.717) is 5.56 Å². The summed E-state index contributed by atoms with van der Waals surface area (Å²) in [6, 6.07) is 11.9. The van der Waals surface area contributed by atoms with Crippen LogP contribution in [0.1, 0.15) is 10.4 Å². The number of benzene rings is 2. The number of Topliss-reactive ketones (excluding diaryl/α,β-unsaturated/α-hetero) is 1. The third-order valence-electron chi connectivity index (χ3n) is 4.00. The number of likely N-dealkylation sites (N-methyl/N-ethyl adjacent to an activating group) is 2. The van der Waals surface area contributed by atoms with Gasteiger partial charge in [0, 0.05) is 19.7 Å². The zero-order valence-corrected chi connectivity index (χ0v) is 14.5. The molecule has 26 heavy (non-hydrogen) atoms. The molecule has 7 nitrogen and oxygen atoms in total. The number of aromatic hydroxyl groups is 1. The Hall–Kier alpha value is -3.19. The zero-order valence-electron chi connectivity index (χ0n) is 14.5. The molecule has 0 bridgehead atoms. The molecule has 2 aromatic carbocycles. The van der Waals surface area contributed by atoms with E-state index in [2.05, 4.69) is 5.32 Å². The average molecular weight is 356 g/mol. The first kappa shape index (κ1) is 19.1. The lowest BCUT2D eigenvalue weighted by molar-refractivity contribution is -0.135. The van der Waals surface area contributed by atoms with Crippen LogP contribution in [0.15, 0.2) is 48.5 Å². The van der Waals surface area contributed by atoms with Crippen molar-refractivity contribution >= 4 is 17.6 Å². The average Bonchev–Trinajstić information content (AvgIpc) is 2.67. The van der Waals surface area contributed by atoms with Crippen LogP contribution in [0, 0.1) is 0 Å². The number of phenols is 1. The van der Waals surface area contributed by atoms with E-state index in [-0.39, 0.29) is 5.75 Å². The maximum atomic E-state index is 12.6. The number of amides is 2. The summed E-state index contributed by atoms with van der Waals surface area (Å²) in [7, 11) is 2.69. The highest BCUT2D eigenvalue weighted by Gasteiger charge is 2.32. The first-order valence-corrected chi connectivity index (χ1v) is 7.90. The highest BCUT2D eigenvalue weighted by molar-refractivity contribution is 6.10. The Morgan fingerprint density at radius 1 is 1.00 bits per heavy atom. The second kappa shape index (κ2) is 8.26. The SMILES string of the molecule is CNC(=O)C(C(=O)CO)N(C)C(=O)c1ccc(-c2ccc(O)cc2)cc1. The van der Waals surface area contributed by atoms with Crippen LogP contribution in [0.25, 0.3) is 11.1 Å². The van der Waals surface area contributed by atoms with E-state index in [0.717, 1.165) is 16.0 Å². The van der Waals surface area contributed by atoms with E-state index in [9.17, 15) is 19.5 Å². The molecule has 0 aliphatic heterocycles. The van der Waals surface area contributed by atoms with Crippen molar-refractivity contribution in [3.05, 3.63) is 54.1 Å². The van der Waals surface area contributed by atoms with Gasteiger partial charge in [-0.15, -0.1) is 0 Å². The number of carbonyl (C=O) groups is 3. The molecule has 3 N–H and O–H groups in total. The van der Waals surface area contributed by atoms with Crippen LogP contribution in [0.2, 0.25) is 0 Å². The predicted molar refractivity (Wildman–Crippen MR) is 95.6 cm³/mol. The molecule has 0 saturated carbocycles. The van der Waals surface area contributed by atoms with Crippen molar-refractivity contribution in [1.29, 1.82) is 0 Å². The maximum Gasteiger partial charge on any atom is 0.254 e. The minimum Gasteiger partial charge on any atom is -0.508 e. The minimum atomic E-state index is -1.39. The Balaban J connectivity index is 2.24. The number of aliphatic hydroxyl groups is 1. The summed E-state index contributed by atoms with van der Waals surface area (Å²) in [5.74, 6) is -1.78. The third kappa shape index (κ3) is 4.07. The zero-order chi connectivity index (χ0) is 19.3. The van der Waals surface area contributed by atoms with Gasteiger partial charge < -0.3 is 20.4 Å². The van der Waals surface area contributed by atoms with Crippen molar-refractivity contribution in [3.8, 4) is 16.9 Å². The molecule has 0 aliphatic carbocycles. The van der Waals surface area contributed by atoms with Gasteiger partial charge in [0.15, 0.2) is 11.8 Å². The summed E-state index contributed by atoms with van der Waals surface area (Å²) in [5, 5.41) is 20.7. The Morgan fingerprint density at radius 3 is 1.96 bits per heavy atom. The molecule has 0 aliphatic rings. The van der Waals surface area contributed by atoms with E-state index >= 15 is 0 Å². The molecular formula is C19H20N2O5. The normalized spacial score (nSPS) is 11.5. The summed E-state index contributed by atoms with van der Waals surface area (Å²) in [5.41, 5.74) is 2.02. The molecule has 7 heteroatoms. The Labute approximate surface area is 150 Å². The number of hydrogen-bond acceptors (Lipinski definition) is 5. The van der Waals surface area contributed by atoms with Gasteiger partial charge in [0.25, 0.3) is 5.91 Å². The van der Waals surface area contributed by atoms with Crippen LogP contribution >= 0.6 is 0 Å². The van der Waals surface area contributed by atoms with Crippen LogP contribution in [0.3, 0.4) is 0 Å². The van der Waals surface area contributed by atoms with Crippen LogP contribution in [0.4, 0.5) is 0 Å². The van der Waals surface area contributed by atoms with E-state index in [1.165, 1.54) is 14.1 Å². The Morgan fingerprint density at radius 2 is 1.50 bits per heavy atom. The molecule has 2 rings (SSSR count). The number of ketones is 1. The lowest BCUT2D eigenvalue weighted by atomic mass is 10.0. The number of nitrogens with one attached hydrogen (secondary N) is 1. The lowest BCUT2D eigenvalue weighted by Gasteiger charge is -2.25. The fourth-order valence-corrected chi connectivity index (χ4v) is 2.54. The summed E-state index contributed by atoms with van der Waals surface area (Å²) >= 11 is 0. The highest BCUT2D eigenvalue weighted by Crippen LogP contribution is 2.22. The molecule has 1 unspecified atom stereocenters. The van der Waals surface area contributed by atoms with Gasteiger partial charge in [0.2, 0.25) is 5.91 Å². The molecule has 0 spiro atoms. The van der Waals surface area contributed by atoms with Crippen LogP contribution < -0.4 is 5.32 Å². The van der Waals surface area contributed by atoms with Gasteiger partial charge in [-0.05, 0) is 35.4 Å². The largest absolute Gasteiger partial charge is 0.508 e. The molecule has 0 fully saturated rings. The summed E-state index contributed by atoms with van der Waals surface area (Å²) < 4.78 is 0. The van der Waals surface area contributed by atoms with Crippen molar-refractivity contribution in [2.24, 2.45) is 0 Å². The first-order valence-electron chi connectivity index (χ1n) is 7.90. The fourth-order valence-electron chi connectivity index (χ4n) is 2.54. The number of nitrogens with zero attached hydrogens (tertiary/aromatic N) is 1. The van der Waals surface area contributed by atoms with Gasteiger partial charge in [0.1, 0.15) is 12.4 Å². The molecule has 0 heterocycles. The summed E-state index contributed by atoms with van der Waals surface area (Å²) in [4.78, 5) is 37.3. The number of rotatable bonds is 6. The smallest absolute Gasteiger partial charge is 0.254 e. The van der Waals surface area contributed by atoms with Crippen LogP contribution in [-0.2, 0) is 9.59 Å². The molecule has 2 aromatic rings. The number of carbonyl (C=O) groups excluding carboxylic acids is 3. The maximum absolute atomic E-state index is 12.6. The van der Waals surface area contributed by atoms with E-state index < -0.39 is 30.2 Å². The molecular weight excluding hydrogens is 336 g/mol. The number of hydrogen-bond donors (Lipinski definition) is 3. The van der Waals surface area contributed by atoms with Crippen molar-refractivity contribution < 1.29 is 24.6 Å². The second-order valence-corrected chi connectivity index (χ2v) is 5.68. The number of aliphatic hydroxyl groups excluding tert-OH is 1. The van der Waals surface area contributed by atoms with E-state index in [4.69, 9.17) is 5.11 Å². The molecule has 136 valence electrons. The molecule has 0 aromatic heterocycles. The van der Waals surface area contributed by atoms with Gasteiger partial charge in [-0.25, -0.2) is 0 Å². The fraction of sp³-hybridized carbons (Fsp3) is 0.211. The second-order valence-electron chi connectivity index (χ2n) is 5.68. The molecule has 0 radical (unpaired) electrons. The standard InChI is InChI=1S/C19H20N2O5/c1-20-18(25)17(16(24)11-22)21(2)19(26)14-5-3-12(4-6-14)13-7-9-15(23)10-8-13/h3-10,17,22-23H,11H2,1-2H3,(H,20,25).